The van der Waals surface area contributed by atoms with Gasteiger partial charge in [-0.05, 0) is 20.3 Å². The number of hydrogen-bond donors (Lipinski definition) is 2. The smallest absolute Gasteiger partial charge is 0.303 e. The normalized spacial score (nSPS) is 14.5. The van der Waals surface area contributed by atoms with Gasteiger partial charge < -0.3 is 10.8 Å². The van der Waals surface area contributed by atoms with E-state index in [4.69, 9.17) is 10.8 Å². The molecular formula is C7H14FNO2. The van der Waals surface area contributed by atoms with E-state index < -0.39 is 17.7 Å². The molecule has 0 bridgehead atoms. The number of carboxylic acids is 1. The maximum absolute atomic E-state index is 12.9. The molecule has 3 N–H and O–H groups in total. The van der Waals surface area contributed by atoms with Gasteiger partial charge in [-0.3, -0.25) is 4.79 Å². The number of alkyl halides is 1. The number of carbonyl (C=O) groups is 1. The summed E-state index contributed by atoms with van der Waals surface area (Å²) in [5.41, 5.74) is 3.87. The maximum atomic E-state index is 12.9. The summed E-state index contributed by atoms with van der Waals surface area (Å²) in [6.45, 7) is 2.69. The lowest BCUT2D eigenvalue weighted by atomic mass is 9.97. The maximum Gasteiger partial charge on any atom is 0.303 e. The molecule has 11 heavy (non-hydrogen) atoms. The fourth-order valence-electron chi connectivity index (χ4n) is 0.622. The van der Waals surface area contributed by atoms with Crippen molar-refractivity contribution in [1.29, 1.82) is 0 Å². The van der Waals surface area contributed by atoms with E-state index in [1.54, 1.807) is 0 Å². The zero-order chi connectivity index (χ0) is 9.07. The Balaban J connectivity index is 3.70. The lowest BCUT2D eigenvalue weighted by Gasteiger charge is -2.21. The summed E-state index contributed by atoms with van der Waals surface area (Å²) in [4.78, 5) is 10.1. The Morgan fingerprint density at radius 3 is 2.45 bits per heavy atom. The van der Waals surface area contributed by atoms with Crippen LogP contribution < -0.4 is 5.73 Å². The Bertz CT molecular complexity index is 142. The third-order valence-corrected chi connectivity index (χ3v) is 1.55. The first-order valence-corrected chi connectivity index (χ1v) is 3.50. The van der Waals surface area contributed by atoms with Crippen molar-refractivity contribution in [2.45, 2.75) is 38.4 Å². The van der Waals surface area contributed by atoms with E-state index in [0.717, 1.165) is 0 Å². The third-order valence-electron chi connectivity index (χ3n) is 1.55. The van der Waals surface area contributed by atoms with Gasteiger partial charge >= 0.3 is 5.97 Å². The second kappa shape index (κ2) is 3.67. The van der Waals surface area contributed by atoms with Crippen molar-refractivity contribution < 1.29 is 14.3 Å². The summed E-state index contributed by atoms with van der Waals surface area (Å²) in [6, 6.07) is -0.696. The van der Waals surface area contributed by atoms with Crippen LogP contribution >= 0.6 is 0 Å². The summed E-state index contributed by atoms with van der Waals surface area (Å²) >= 11 is 0. The standard InChI is InChI=1S/C7H14FNO2/c1-7(2,8)5(9)3-4-6(10)11/h5H,3-4,9H2,1-2H3,(H,10,11). The van der Waals surface area contributed by atoms with Crippen LogP contribution in [0.4, 0.5) is 4.39 Å². The summed E-state index contributed by atoms with van der Waals surface area (Å²) in [5, 5.41) is 8.25. The molecular weight excluding hydrogens is 149 g/mol. The van der Waals surface area contributed by atoms with Crippen LogP contribution in [0.5, 0.6) is 0 Å². The van der Waals surface area contributed by atoms with Crippen LogP contribution in [0.3, 0.4) is 0 Å². The van der Waals surface area contributed by atoms with E-state index in [1.807, 2.05) is 0 Å². The van der Waals surface area contributed by atoms with Crippen molar-refractivity contribution in [3.63, 3.8) is 0 Å². The topological polar surface area (TPSA) is 63.3 Å². The van der Waals surface area contributed by atoms with Gasteiger partial charge in [0.15, 0.2) is 0 Å². The highest BCUT2D eigenvalue weighted by molar-refractivity contribution is 5.66. The molecule has 0 aromatic heterocycles. The second-order valence-corrected chi connectivity index (χ2v) is 3.10. The summed E-state index contributed by atoms with van der Waals surface area (Å²) < 4.78 is 12.9. The van der Waals surface area contributed by atoms with Crippen LogP contribution in [0.15, 0.2) is 0 Å². The molecule has 0 amide bonds. The SMILES string of the molecule is CC(C)(F)C(N)CCC(=O)O. The quantitative estimate of drug-likeness (QED) is 0.648. The summed E-state index contributed by atoms with van der Waals surface area (Å²) in [6.07, 6.45) is 0.105. The number of aliphatic carboxylic acids is 1. The van der Waals surface area contributed by atoms with Crippen molar-refractivity contribution in [3.05, 3.63) is 0 Å². The van der Waals surface area contributed by atoms with Gasteiger partial charge in [0.05, 0.1) is 0 Å². The predicted molar refractivity (Wildman–Crippen MR) is 40.0 cm³/mol. The molecule has 0 aromatic carbocycles. The fourth-order valence-corrected chi connectivity index (χ4v) is 0.622. The number of rotatable bonds is 4. The number of halogens is 1. The van der Waals surface area contributed by atoms with Crippen LogP contribution in [-0.4, -0.2) is 22.8 Å². The molecule has 3 nitrogen and oxygen atoms in total. The molecule has 0 fully saturated rings. The molecule has 0 aromatic rings. The van der Waals surface area contributed by atoms with Crippen LogP contribution in [-0.2, 0) is 4.79 Å². The molecule has 0 radical (unpaired) electrons. The molecule has 0 rings (SSSR count). The molecule has 1 unspecified atom stereocenters. The van der Waals surface area contributed by atoms with Gasteiger partial charge in [0, 0.05) is 12.5 Å². The van der Waals surface area contributed by atoms with E-state index in [0.29, 0.717) is 0 Å². The molecule has 0 aliphatic rings. The van der Waals surface area contributed by atoms with Crippen molar-refractivity contribution in [1.82, 2.24) is 0 Å². The zero-order valence-corrected chi connectivity index (χ0v) is 6.80. The first-order valence-electron chi connectivity index (χ1n) is 3.50. The molecule has 4 heteroatoms. The average molecular weight is 163 g/mol. The number of hydrogen-bond acceptors (Lipinski definition) is 2. The second-order valence-electron chi connectivity index (χ2n) is 3.10. The van der Waals surface area contributed by atoms with E-state index in [2.05, 4.69) is 0 Å². The average Bonchev–Trinajstić information content (AvgIpc) is 1.80. The summed E-state index contributed by atoms with van der Waals surface area (Å²) in [7, 11) is 0. The largest absolute Gasteiger partial charge is 0.481 e. The van der Waals surface area contributed by atoms with Crippen molar-refractivity contribution >= 4 is 5.97 Å². The zero-order valence-electron chi connectivity index (χ0n) is 6.80. The third kappa shape index (κ3) is 4.72. The minimum atomic E-state index is -1.49. The van der Waals surface area contributed by atoms with Crippen LogP contribution in [0, 0.1) is 0 Å². The van der Waals surface area contributed by atoms with Gasteiger partial charge in [0.2, 0.25) is 0 Å². The van der Waals surface area contributed by atoms with Gasteiger partial charge in [0.25, 0.3) is 0 Å². The van der Waals surface area contributed by atoms with Crippen molar-refractivity contribution in [2.75, 3.05) is 0 Å². The highest BCUT2D eigenvalue weighted by Gasteiger charge is 2.25. The molecule has 0 saturated carbocycles. The van der Waals surface area contributed by atoms with Gasteiger partial charge in [-0.2, -0.15) is 0 Å². The van der Waals surface area contributed by atoms with Gasteiger partial charge in [-0.25, -0.2) is 4.39 Å². The number of carboxylic acid groups (broad SMARTS) is 1. The fraction of sp³-hybridized carbons (Fsp3) is 0.857. The monoisotopic (exact) mass is 163 g/mol. The molecule has 0 aliphatic carbocycles. The molecule has 0 spiro atoms. The van der Waals surface area contributed by atoms with E-state index in [9.17, 15) is 9.18 Å². The lowest BCUT2D eigenvalue weighted by molar-refractivity contribution is -0.137. The first kappa shape index (κ1) is 10.4. The molecule has 0 saturated heterocycles. The van der Waals surface area contributed by atoms with Crippen molar-refractivity contribution in [2.24, 2.45) is 5.73 Å². The van der Waals surface area contributed by atoms with Crippen LogP contribution in [0.25, 0.3) is 0 Å². The van der Waals surface area contributed by atoms with Gasteiger partial charge in [0.1, 0.15) is 5.67 Å². The molecule has 0 aliphatic heterocycles. The minimum Gasteiger partial charge on any atom is -0.481 e. The van der Waals surface area contributed by atoms with E-state index >= 15 is 0 Å². The van der Waals surface area contributed by atoms with E-state index in [1.165, 1.54) is 13.8 Å². The Morgan fingerprint density at radius 2 is 2.18 bits per heavy atom. The van der Waals surface area contributed by atoms with Gasteiger partial charge in [-0.1, -0.05) is 0 Å². The Labute approximate surface area is 65.4 Å². The Kier molecular flexibility index (Phi) is 3.45. The Hall–Kier alpha value is -0.640. The summed E-state index contributed by atoms with van der Waals surface area (Å²) in [5.74, 6) is -0.940. The highest BCUT2D eigenvalue weighted by Crippen LogP contribution is 2.16. The molecule has 1 atom stereocenters. The minimum absolute atomic E-state index is 0.0749. The molecule has 66 valence electrons. The first-order chi connectivity index (χ1) is 4.84. The van der Waals surface area contributed by atoms with Gasteiger partial charge in [-0.15, -0.1) is 0 Å². The lowest BCUT2D eigenvalue weighted by Crippen LogP contribution is -2.39. The number of nitrogens with two attached hydrogens (primary N) is 1. The Morgan fingerprint density at radius 1 is 1.73 bits per heavy atom. The van der Waals surface area contributed by atoms with E-state index in [-0.39, 0.29) is 12.8 Å². The van der Waals surface area contributed by atoms with Crippen molar-refractivity contribution in [3.8, 4) is 0 Å². The van der Waals surface area contributed by atoms with Crippen LogP contribution in [0.2, 0.25) is 0 Å². The predicted octanol–water partition coefficient (Wildman–Crippen LogP) is 0.927. The van der Waals surface area contributed by atoms with Crippen LogP contribution in [0.1, 0.15) is 26.7 Å². The highest BCUT2D eigenvalue weighted by atomic mass is 19.1. The molecule has 0 heterocycles.